The average molecular weight is 353 g/mol. The largest absolute Gasteiger partial charge is 0.378 e. The summed E-state index contributed by atoms with van der Waals surface area (Å²) in [7, 11) is 2.03. The van der Waals surface area contributed by atoms with Gasteiger partial charge in [0.15, 0.2) is 0 Å². The van der Waals surface area contributed by atoms with Gasteiger partial charge >= 0.3 is 0 Å². The highest BCUT2D eigenvalue weighted by molar-refractivity contribution is 14.1. The van der Waals surface area contributed by atoms with E-state index in [1.807, 2.05) is 17.9 Å². The second-order valence-electron chi connectivity index (χ2n) is 4.77. The number of hydrogen-bond donors (Lipinski definition) is 1. The molecule has 3 nitrogen and oxygen atoms in total. The fourth-order valence-electron chi connectivity index (χ4n) is 2.60. The maximum Gasteiger partial charge on any atom is 0.0547 e. The zero-order valence-electron chi connectivity index (χ0n) is 10.4. The smallest absolute Gasteiger partial charge is 0.0547 e. The van der Waals surface area contributed by atoms with Crippen LogP contribution in [0.2, 0.25) is 0 Å². The minimum absolute atomic E-state index is 0.405. The minimum atomic E-state index is 0.405. The van der Waals surface area contributed by atoms with Crippen molar-refractivity contribution in [3.8, 4) is 0 Å². The highest BCUT2D eigenvalue weighted by Crippen LogP contribution is 2.32. The predicted molar refractivity (Wildman–Crippen MR) is 81.7 cm³/mol. The number of hydrogen-bond acceptors (Lipinski definition) is 2. The van der Waals surface area contributed by atoms with Crippen molar-refractivity contribution in [3.05, 3.63) is 45.3 Å². The van der Waals surface area contributed by atoms with Crippen molar-refractivity contribution in [1.82, 2.24) is 9.78 Å². The summed E-state index contributed by atoms with van der Waals surface area (Å²) in [6.45, 7) is 0. The Labute approximate surface area is 121 Å². The molecule has 0 spiro atoms. The highest BCUT2D eigenvalue weighted by Gasteiger charge is 2.23. The van der Waals surface area contributed by atoms with Crippen LogP contribution in [-0.2, 0) is 13.5 Å². The standard InChI is InChI=1S/C14H16IN3/c1-18-14-4-2-3-13(12(14)9-16-18)17-11-7-5-10(15)6-8-11/h5-9,13,17H,2-4H2,1H3. The van der Waals surface area contributed by atoms with Crippen LogP contribution in [0.4, 0.5) is 5.69 Å². The molecule has 0 radical (unpaired) electrons. The van der Waals surface area contributed by atoms with Crippen LogP contribution in [0.15, 0.2) is 30.5 Å². The first kappa shape index (κ1) is 12.0. The lowest BCUT2D eigenvalue weighted by atomic mass is 9.93. The SMILES string of the molecule is Cn1ncc2c1CCCC2Nc1ccc(I)cc1. The Hall–Kier alpha value is -1.04. The Kier molecular flexibility index (Phi) is 3.28. The average Bonchev–Trinajstić information content (AvgIpc) is 2.76. The van der Waals surface area contributed by atoms with E-state index in [9.17, 15) is 0 Å². The van der Waals surface area contributed by atoms with E-state index in [1.54, 1.807) is 0 Å². The minimum Gasteiger partial charge on any atom is -0.378 e. The summed E-state index contributed by atoms with van der Waals surface area (Å²) in [4.78, 5) is 0. The number of fused-ring (bicyclic) bond motifs is 1. The first-order valence-corrected chi connectivity index (χ1v) is 7.35. The Balaban J connectivity index is 1.84. The zero-order valence-corrected chi connectivity index (χ0v) is 12.5. The molecule has 0 saturated heterocycles. The van der Waals surface area contributed by atoms with E-state index in [4.69, 9.17) is 0 Å². The van der Waals surface area contributed by atoms with Crippen LogP contribution in [0.25, 0.3) is 0 Å². The number of benzene rings is 1. The first-order valence-electron chi connectivity index (χ1n) is 6.27. The van der Waals surface area contributed by atoms with Gasteiger partial charge in [0.1, 0.15) is 0 Å². The summed E-state index contributed by atoms with van der Waals surface area (Å²) in [6.07, 6.45) is 5.58. The molecule has 0 amide bonds. The Morgan fingerprint density at radius 3 is 2.89 bits per heavy atom. The number of halogens is 1. The first-order chi connectivity index (χ1) is 8.74. The van der Waals surface area contributed by atoms with E-state index in [0.717, 1.165) is 6.42 Å². The van der Waals surface area contributed by atoms with Gasteiger partial charge in [-0.15, -0.1) is 0 Å². The molecule has 1 atom stereocenters. The molecule has 0 fully saturated rings. The maximum absolute atomic E-state index is 4.38. The van der Waals surface area contributed by atoms with E-state index in [0.29, 0.717) is 6.04 Å². The summed E-state index contributed by atoms with van der Waals surface area (Å²) in [6, 6.07) is 8.97. The Bertz CT molecular complexity index is 545. The molecule has 3 rings (SSSR count). The quantitative estimate of drug-likeness (QED) is 0.838. The summed E-state index contributed by atoms with van der Waals surface area (Å²) >= 11 is 2.33. The Morgan fingerprint density at radius 1 is 1.33 bits per heavy atom. The van der Waals surface area contributed by atoms with Gasteiger partial charge in [0, 0.05) is 27.6 Å². The molecule has 1 aliphatic carbocycles. The molecule has 2 aromatic rings. The normalized spacial score (nSPS) is 18.4. The number of rotatable bonds is 2. The molecule has 1 heterocycles. The topological polar surface area (TPSA) is 29.9 Å². The monoisotopic (exact) mass is 353 g/mol. The predicted octanol–water partition coefficient (Wildman–Crippen LogP) is 3.51. The summed E-state index contributed by atoms with van der Waals surface area (Å²) in [5.74, 6) is 0. The lowest BCUT2D eigenvalue weighted by Crippen LogP contribution is -2.17. The van der Waals surface area contributed by atoms with Crippen LogP contribution in [-0.4, -0.2) is 9.78 Å². The van der Waals surface area contributed by atoms with Gasteiger partial charge in [0.25, 0.3) is 0 Å². The van der Waals surface area contributed by atoms with Crippen molar-refractivity contribution in [1.29, 1.82) is 0 Å². The third kappa shape index (κ3) is 2.25. The molecule has 1 aromatic heterocycles. The van der Waals surface area contributed by atoms with Crippen LogP contribution in [0.5, 0.6) is 0 Å². The van der Waals surface area contributed by atoms with Crippen molar-refractivity contribution >= 4 is 28.3 Å². The van der Waals surface area contributed by atoms with Gasteiger partial charge in [-0.2, -0.15) is 5.10 Å². The van der Waals surface area contributed by atoms with Gasteiger partial charge < -0.3 is 5.32 Å². The van der Waals surface area contributed by atoms with E-state index >= 15 is 0 Å². The van der Waals surface area contributed by atoms with Gasteiger partial charge in [-0.05, 0) is 66.1 Å². The second-order valence-corrected chi connectivity index (χ2v) is 6.01. The van der Waals surface area contributed by atoms with Crippen molar-refractivity contribution in [3.63, 3.8) is 0 Å². The number of aromatic nitrogens is 2. The lowest BCUT2D eigenvalue weighted by Gasteiger charge is -2.24. The second kappa shape index (κ2) is 4.91. The molecule has 0 bridgehead atoms. The third-order valence-electron chi connectivity index (χ3n) is 3.56. The molecule has 4 heteroatoms. The van der Waals surface area contributed by atoms with Crippen molar-refractivity contribution < 1.29 is 0 Å². The van der Waals surface area contributed by atoms with Crippen LogP contribution in [0.3, 0.4) is 0 Å². The van der Waals surface area contributed by atoms with Crippen LogP contribution in [0.1, 0.15) is 30.1 Å². The summed E-state index contributed by atoms with van der Waals surface area (Å²) in [5.41, 5.74) is 3.93. The van der Waals surface area contributed by atoms with Gasteiger partial charge in [0.05, 0.1) is 12.2 Å². The van der Waals surface area contributed by atoms with E-state index in [2.05, 4.69) is 57.3 Å². The molecular weight excluding hydrogens is 337 g/mol. The molecule has 94 valence electrons. The van der Waals surface area contributed by atoms with Gasteiger partial charge in [-0.1, -0.05) is 0 Å². The molecule has 18 heavy (non-hydrogen) atoms. The van der Waals surface area contributed by atoms with E-state index in [-0.39, 0.29) is 0 Å². The highest BCUT2D eigenvalue weighted by atomic mass is 127. The Morgan fingerprint density at radius 2 is 2.11 bits per heavy atom. The fraction of sp³-hybridized carbons (Fsp3) is 0.357. The van der Waals surface area contributed by atoms with Crippen molar-refractivity contribution in [2.45, 2.75) is 25.3 Å². The van der Waals surface area contributed by atoms with Gasteiger partial charge in [-0.3, -0.25) is 4.68 Å². The van der Waals surface area contributed by atoms with Crippen molar-refractivity contribution in [2.24, 2.45) is 7.05 Å². The van der Waals surface area contributed by atoms with E-state index in [1.165, 1.54) is 33.4 Å². The van der Waals surface area contributed by atoms with E-state index < -0.39 is 0 Å². The molecule has 1 N–H and O–H groups in total. The van der Waals surface area contributed by atoms with Crippen LogP contribution < -0.4 is 5.32 Å². The zero-order chi connectivity index (χ0) is 12.5. The third-order valence-corrected chi connectivity index (χ3v) is 4.28. The van der Waals surface area contributed by atoms with Gasteiger partial charge in [-0.25, -0.2) is 0 Å². The number of anilines is 1. The maximum atomic E-state index is 4.38. The van der Waals surface area contributed by atoms with Crippen LogP contribution >= 0.6 is 22.6 Å². The molecular formula is C14H16IN3. The summed E-state index contributed by atoms with van der Waals surface area (Å²) < 4.78 is 3.28. The van der Waals surface area contributed by atoms with Crippen molar-refractivity contribution in [2.75, 3.05) is 5.32 Å². The van der Waals surface area contributed by atoms with Gasteiger partial charge in [0.2, 0.25) is 0 Å². The number of nitrogens with zero attached hydrogens (tertiary/aromatic N) is 2. The summed E-state index contributed by atoms with van der Waals surface area (Å²) in [5, 5.41) is 8.00. The van der Waals surface area contributed by atoms with Crippen LogP contribution in [0, 0.1) is 3.57 Å². The molecule has 0 saturated carbocycles. The molecule has 1 aliphatic rings. The fourth-order valence-corrected chi connectivity index (χ4v) is 2.96. The number of aryl methyl sites for hydroxylation is 1. The molecule has 0 aliphatic heterocycles. The molecule has 1 unspecified atom stereocenters. The number of nitrogens with one attached hydrogen (secondary N) is 1. The molecule has 1 aromatic carbocycles. The lowest BCUT2D eigenvalue weighted by molar-refractivity contribution is 0.571.